The summed E-state index contributed by atoms with van der Waals surface area (Å²) in [7, 11) is 1.24. The number of carbonyl (C=O) groups excluding carboxylic acids is 1. The van der Waals surface area contributed by atoms with Gasteiger partial charge in [0.25, 0.3) is 0 Å². The third kappa shape index (κ3) is 4.09. The van der Waals surface area contributed by atoms with E-state index in [1.165, 1.54) is 19.2 Å². The molecular formula is C23H24ClF3N6O. The van der Waals surface area contributed by atoms with Gasteiger partial charge in [-0.1, -0.05) is 23.7 Å². The van der Waals surface area contributed by atoms with Crippen molar-refractivity contribution in [2.75, 3.05) is 31.6 Å². The highest BCUT2D eigenvalue weighted by Crippen LogP contribution is 2.40. The third-order valence-corrected chi connectivity index (χ3v) is 6.78. The standard InChI is InChI=1S/C23H24ClF3N6O/c1-31(22(34)15-8-9-28-12-15)21(23(25,26)27)14-4-6-16(7-5-14)32-10-2-3-17-18(32)13-29-20-11-19(24)30-33(17)20/h4-7,11,13,15,21,28H,2-3,8-10,12H2,1H3/t15?,21-/m0/s1. The van der Waals surface area contributed by atoms with Crippen molar-refractivity contribution in [2.45, 2.75) is 31.5 Å². The first-order valence-electron chi connectivity index (χ1n) is 11.2. The summed E-state index contributed by atoms with van der Waals surface area (Å²) in [6.45, 7) is 1.74. The summed E-state index contributed by atoms with van der Waals surface area (Å²) < 4.78 is 43.9. The van der Waals surface area contributed by atoms with Crippen LogP contribution in [0.1, 0.15) is 30.1 Å². The molecule has 2 aliphatic heterocycles. The number of alkyl halides is 3. The van der Waals surface area contributed by atoms with E-state index in [-0.39, 0.29) is 5.56 Å². The largest absolute Gasteiger partial charge is 0.413 e. The molecule has 1 unspecified atom stereocenters. The molecule has 0 aliphatic carbocycles. The van der Waals surface area contributed by atoms with Gasteiger partial charge in [0.1, 0.15) is 0 Å². The van der Waals surface area contributed by atoms with E-state index < -0.39 is 24.0 Å². The Morgan fingerprint density at radius 2 is 2.06 bits per heavy atom. The zero-order valence-electron chi connectivity index (χ0n) is 18.5. The summed E-state index contributed by atoms with van der Waals surface area (Å²) in [5.41, 5.74) is 3.23. The van der Waals surface area contributed by atoms with Crippen LogP contribution in [0.5, 0.6) is 0 Å². The Bertz CT molecular complexity index is 1210. The van der Waals surface area contributed by atoms with Crippen LogP contribution in [0.2, 0.25) is 5.15 Å². The minimum atomic E-state index is -4.59. The summed E-state index contributed by atoms with van der Waals surface area (Å²) in [5.74, 6) is -0.923. The zero-order chi connectivity index (χ0) is 24.0. The summed E-state index contributed by atoms with van der Waals surface area (Å²) in [6, 6.07) is 5.92. The molecule has 2 atom stereocenters. The fourth-order valence-corrected chi connectivity index (χ4v) is 5.12. The highest BCUT2D eigenvalue weighted by Gasteiger charge is 2.46. The van der Waals surface area contributed by atoms with E-state index in [1.807, 2.05) is 4.90 Å². The minimum Gasteiger partial charge on any atom is -0.339 e. The number of benzene rings is 1. The van der Waals surface area contributed by atoms with E-state index in [9.17, 15) is 18.0 Å². The molecule has 0 saturated carbocycles. The number of rotatable bonds is 4. The van der Waals surface area contributed by atoms with E-state index >= 15 is 0 Å². The van der Waals surface area contributed by atoms with Crippen molar-refractivity contribution in [3.63, 3.8) is 0 Å². The number of aromatic nitrogens is 3. The van der Waals surface area contributed by atoms with Crippen molar-refractivity contribution >= 4 is 34.5 Å². The lowest BCUT2D eigenvalue weighted by molar-refractivity contribution is -0.190. The molecule has 180 valence electrons. The molecule has 1 aromatic carbocycles. The first-order chi connectivity index (χ1) is 16.2. The van der Waals surface area contributed by atoms with Crippen LogP contribution in [0, 0.1) is 5.92 Å². The van der Waals surface area contributed by atoms with Gasteiger partial charge in [-0.15, -0.1) is 0 Å². The van der Waals surface area contributed by atoms with Crippen LogP contribution >= 0.6 is 11.6 Å². The van der Waals surface area contributed by atoms with Gasteiger partial charge in [0, 0.05) is 31.9 Å². The van der Waals surface area contributed by atoms with Crippen molar-refractivity contribution in [2.24, 2.45) is 5.92 Å². The monoisotopic (exact) mass is 492 g/mol. The topological polar surface area (TPSA) is 65.8 Å². The molecule has 3 aromatic rings. The predicted octanol–water partition coefficient (Wildman–Crippen LogP) is 4.14. The van der Waals surface area contributed by atoms with Gasteiger partial charge in [-0.2, -0.15) is 18.3 Å². The maximum atomic E-state index is 14.1. The molecule has 2 aromatic heterocycles. The number of fused-ring (bicyclic) bond motifs is 3. The second-order valence-corrected chi connectivity index (χ2v) is 9.14. The molecule has 11 heteroatoms. The molecule has 1 N–H and O–H groups in total. The molecule has 1 amide bonds. The maximum absolute atomic E-state index is 14.1. The molecule has 0 spiro atoms. The summed E-state index contributed by atoms with van der Waals surface area (Å²) >= 11 is 6.04. The van der Waals surface area contributed by atoms with Crippen LogP contribution < -0.4 is 10.2 Å². The Hall–Kier alpha value is -2.85. The molecule has 2 aliphatic rings. The predicted molar refractivity (Wildman–Crippen MR) is 122 cm³/mol. The Labute approximate surface area is 199 Å². The zero-order valence-corrected chi connectivity index (χ0v) is 19.3. The van der Waals surface area contributed by atoms with Gasteiger partial charge in [0.15, 0.2) is 16.8 Å². The van der Waals surface area contributed by atoms with Crippen molar-refractivity contribution in [3.8, 4) is 0 Å². The average molecular weight is 493 g/mol. The molecule has 7 nitrogen and oxygen atoms in total. The Morgan fingerprint density at radius 1 is 1.29 bits per heavy atom. The fourth-order valence-electron chi connectivity index (χ4n) is 4.95. The molecule has 5 rings (SSSR count). The number of nitrogens with zero attached hydrogens (tertiary/aromatic N) is 5. The number of nitrogens with one attached hydrogen (secondary N) is 1. The third-order valence-electron chi connectivity index (χ3n) is 6.59. The molecular weight excluding hydrogens is 469 g/mol. The lowest BCUT2D eigenvalue weighted by atomic mass is 10.0. The van der Waals surface area contributed by atoms with E-state index in [1.54, 1.807) is 28.9 Å². The Morgan fingerprint density at radius 3 is 2.74 bits per heavy atom. The average Bonchev–Trinajstić information content (AvgIpc) is 3.47. The molecule has 34 heavy (non-hydrogen) atoms. The van der Waals surface area contributed by atoms with Gasteiger partial charge in [0.05, 0.1) is 23.5 Å². The normalized spacial score (nSPS) is 19.3. The molecule has 0 bridgehead atoms. The summed E-state index contributed by atoms with van der Waals surface area (Å²) in [5, 5.41) is 7.70. The van der Waals surface area contributed by atoms with Crippen LogP contribution in [-0.2, 0) is 11.2 Å². The Kier molecular flexibility index (Phi) is 5.89. The quantitative estimate of drug-likeness (QED) is 0.593. The SMILES string of the molecule is CN(C(=O)C1CCNC1)[C@@H](c1ccc(N2CCCc3c2cnc2cc(Cl)nn32)cc1)C(F)(F)F. The second kappa shape index (κ2) is 8.74. The van der Waals surface area contributed by atoms with Crippen LogP contribution in [0.25, 0.3) is 5.65 Å². The van der Waals surface area contributed by atoms with Gasteiger partial charge >= 0.3 is 6.18 Å². The number of hydrogen-bond donors (Lipinski definition) is 1. The van der Waals surface area contributed by atoms with Crippen LogP contribution in [0.3, 0.4) is 0 Å². The number of amides is 1. The lowest BCUT2D eigenvalue weighted by Gasteiger charge is -2.33. The number of aryl methyl sites for hydroxylation is 1. The van der Waals surface area contributed by atoms with E-state index in [0.717, 1.165) is 34.8 Å². The lowest BCUT2D eigenvalue weighted by Crippen LogP contribution is -2.43. The fraction of sp³-hybridized carbons (Fsp3) is 0.435. The smallest absolute Gasteiger partial charge is 0.339 e. The van der Waals surface area contributed by atoms with Crippen molar-refractivity contribution in [1.82, 2.24) is 24.8 Å². The van der Waals surface area contributed by atoms with Crippen LogP contribution in [-0.4, -0.2) is 58.3 Å². The van der Waals surface area contributed by atoms with Crippen LogP contribution in [0.4, 0.5) is 24.5 Å². The van der Waals surface area contributed by atoms with Gasteiger partial charge < -0.3 is 15.1 Å². The number of hydrogen-bond acceptors (Lipinski definition) is 5. The van der Waals surface area contributed by atoms with E-state index in [4.69, 9.17) is 11.6 Å². The molecule has 1 fully saturated rings. The number of anilines is 2. The number of halogens is 4. The van der Waals surface area contributed by atoms with Crippen molar-refractivity contribution < 1.29 is 18.0 Å². The molecule has 1 saturated heterocycles. The summed E-state index contributed by atoms with van der Waals surface area (Å²) in [6.07, 6.45) is -0.659. The second-order valence-electron chi connectivity index (χ2n) is 8.76. The van der Waals surface area contributed by atoms with Crippen molar-refractivity contribution in [1.29, 1.82) is 0 Å². The van der Waals surface area contributed by atoms with Gasteiger partial charge in [-0.3, -0.25) is 4.79 Å². The Balaban J connectivity index is 1.45. The minimum absolute atomic E-state index is 0.0303. The molecule has 4 heterocycles. The maximum Gasteiger partial charge on any atom is 0.413 e. The number of carbonyl (C=O) groups is 1. The first kappa shape index (κ1) is 22.9. The molecule has 0 radical (unpaired) electrons. The highest BCUT2D eigenvalue weighted by atomic mass is 35.5. The van der Waals surface area contributed by atoms with E-state index in [2.05, 4.69) is 15.4 Å². The van der Waals surface area contributed by atoms with Crippen molar-refractivity contribution in [3.05, 3.63) is 52.9 Å². The van der Waals surface area contributed by atoms with Gasteiger partial charge in [0.2, 0.25) is 5.91 Å². The van der Waals surface area contributed by atoms with E-state index in [0.29, 0.717) is 36.9 Å². The van der Waals surface area contributed by atoms with Gasteiger partial charge in [-0.05, 0) is 43.5 Å². The van der Waals surface area contributed by atoms with Gasteiger partial charge in [-0.25, -0.2) is 9.50 Å². The highest BCUT2D eigenvalue weighted by molar-refractivity contribution is 6.29. The van der Waals surface area contributed by atoms with Crippen LogP contribution in [0.15, 0.2) is 36.5 Å². The summed E-state index contributed by atoms with van der Waals surface area (Å²) in [4.78, 5) is 20.0. The first-order valence-corrected chi connectivity index (χ1v) is 11.6.